The van der Waals surface area contributed by atoms with Crippen LogP contribution in [0.5, 0.6) is 0 Å². The number of ether oxygens (including phenoxy) is 1. The molecule has 0 aliphatic rings. The molecule has 0 aliphatic heterocycles. The van der Waals surface area contributed by atoms with Gasteiger partial charge in [0, 0.05) is 17.8 Å². The maximum atomic E-state index is 11.8. The van der Waals surface area contributed by atoms with Crippen molar-refractivity contribution in [3.8, 4) is 0 Å². The molecule has 1 aromatic carbocycles. The Labute approximate surface area is 146 Å². The summed E-state index contributed by atoms with van der Waals surface area (Å²) in [6.45, 7) is 7.65. The van der Waals surface area contributed by atoms with Gasteiger partial charge < -0.3 is 4.74 Å². The Kier molecular flexibility index (Phi) is 4.44. The summed E-state index contributed by atoms with van der Waals surface area (Å²) in [5.74, 6) is 0.206. The lowest BCUT2D eigenvalue weighted by Gasteiger charge is -2.20. The molecule has 0 radical (unpaired) electrons. The van der Waals surface area contributed by atoms with Crippen molar-refractivity contribution in [1.82, 2.24) is 14.6 Å². The fourth-order valence-electron chi connectivity index (χ4n) is 2.57. The lowest BCUT2D eigenvalue weighted by molar-refractivity contribution is 0.0636. The highest BCUT2D eigenvalue weighted by Crippen LogP contribution is 2.26. The normalized spacial score (nSPS) is 12.8. The minimum absolute atomic E-state index is 0.206. The molecule has 0 fully saturated rings. The second-order valence-electron chi connectivity index (χ2n) is 6.99. The summed E-state index contributed by atoms with van der Waals surface area (Å²) in [4.78, 5) is 16.0. The maximum Gasteiger partial charge on any atom is 0.412 e. The Hall–Kier alpha value is -2.89. The van der Waals surface area contributed by atoms with Crippen molar-refractivity contribution in [3.63, 3.8) is 0 Å². The molecule has 2 heterocycles. The predicted molar refractivity (Wildman–Crippen MR) is 96.8 cm³/mol. The number of hydrogen-bond acceptors (Lipinski definition) is 4. The van der Waals surface area contributed by atoms with Gasteiger partial charge in [-0.1, -0.05) is 19.1 Å². The van der Waals surface area contributed by atoms with Gasteiger partial charge in [-0.3, -0.25) is 5.32 Å². The van der Waals surface area contributed by atoms with Gasteiger partial charge in [-0.15, -0.1) is 0 Å². The number of carbonyl (C=O) groups excluding carboxylic acids is 1. The van der Waals surface area contributed by atoms with E-state index in [-0.39, 0.29) is 5.92 Å². The number of rotatable bonds is 3. The molecule has 1 unspecified atom stereocenters. The van der Waals surface area contributed by atoms with E-state index in [0.717, 1.165) is 16.8 Å². The zero-order chi connectivity index (χ0) is 18.0. The molecule has 25 heavy (non-hydrogen) atoms. The Bertz CT molecular complexity index is 878. The van der Waals surface area contributed by atoms with Gasteiger partial charge in [-0.25, -0.2) is 14.3 Å². The van der Waals surface area contributed by atoms with Crippen molar-refractivity contribution in [2.45, 2.75) is 39.2 Å². The van der Waals surface area contributed by atoms with E-state index < -0.39 is 11.7 Å². The van der Waals surface area contributed by atoms with Gasteiger partial charge in [0.1, 0.15) is 11.9 Å². The van der Waals surface area contributed by atoms with Crippen LogP contribution in [-0.2, 0) is 4.74 Å². The van der Waals surface area contributed by atoms with Crippen LogP contribution in [0.2, 0.25) is 0 Å². The summed E-state index contributed by atoms with van der Waals surface area (Å²) in [6.07, 6.45) is 3.00. The number of nitrogens with zero attached hydrogens (tertiary/aromatic N) is 3. The van der Waals surface area contributed by atoms with Crippen molar-refractivity contribution in [3.05, 3.63) is 60.0 Å². The number of benzene rings is 1. The molecule has 3 rings (SSSR count). The lowest BCUT2D eigenvalue weighted by atomic mass is 9.94. The molecular weight excluding hydrogens is 316 g/mol. The Balaban J connectivity index is 1.71. The topological polar surface area (TPSA) is 68.5 Å². The van der Waals surface area contributed by atoms with Crippen molar-refractivity contribution >= 4 is 17.4 Å². The van der Waals surface area contributed by atoms with Crippen LogP contribution < -0.4 is 5.32 Å². The summed E-state index contributed by atoms with van der Waals surface area (Å²) < 4.78 is 7.00. The van der Waals surface area contributed by atoms with E-state index in [1.807, 2.05) is 63.4 Å². The Morgan fingerprint density at radius 2 is 1.88 bits per heavy atom. The maximum absolute atomic E-state index is 11.8. The quantitative estimate of drug-likeness (QED) is 0.776. The van der Waals surface area contributed by atoms with Crippen molar-refractivity contribution in [1.29, 1.82) is 0 Å². The summed E-state index contributed by atoms with van der Waals surface area (Å²) in [7, 11) is 0. The zero-order valence-electron chi connectivity index (χ0n) is 14.9. The van der Waals surface area contributed by atoms with E-state index in [2.05, 4.69) is 22.3 Å². The lowest BCUT2D eigenvalue weighted by Crippen LogP contribution is -2.27. The van der Waals surface area contributed by atoms with Crippen LogP contribution in [-0.4, -0.2) is 26.3 Å². The van der Waals surface area contributed by atoms with Gasteiger partial charge in [0.05, 0.1) is 0 Å². The van der Waals surface area contributed by atoms with Crippen molar-refractivity contribution in [2.24, 2.45) is 0 Å². The highest BCUT2D eigenvalue weighted by atomic mass is 16.6. The zero-order valence-corrected chi connectivity index (χ0v) is 14.9. The number of anilines is 1. The third-order valence-electron chi connectivity index (χ3n) is 3.86. The van der Waals surface area contributed by atoms with Gasteiger partial charge in [0.2, 0.25) is 0 Å². The van der Waals surface area contributed by atoms with Crippen molar-refractivity contribution < 1.29 is 9.53 Å². The van der Waals surface area contributed by atoms with Crippen LogP contribution in [0.1, 0.15) is 44.7 Å². The molecule has 3 aromatic rings. The number of nitrogens with one attached hydrogen (secondary N) is 1. The molecule has 1 atom stereocenters. The van der Waals surface area contributed by atoms with Gasteiger partial charge in [0.15, 0.2) is 5.65 Å². The fraction of sp³-hybridized carbons (Fsp3) is 0.316. The molecule has 0 spiro atoms. The first kappa shape index (κ1) is 17.0. The average Bonchev–Trinajstić information content (AvgIpc) is 3.00. The number of pyridine rings is 1. The first-order chi connectivity index (χ1) is 11.8. The number of fused-ring (bicyclic) bond motifs is 1. The second kappa shape index (κ2) is 6.55. The molecule has 0 bridgehead atoms. The summed E-state index contributed by atoms with van der Waals surface area (Å²) in [5.41, 5.74) is 3.33. The summed E-state index contributed by atoms with van der Waals surface area (Å²) >= 11 is 0. The first-order valence-corrected chi connectivity index (χ1v) is 8.21. The monoisotopic (exact) mass is 338 g/mol. The largest absolute Gasteiger partial charge is 0.444 e. The van der Waals surface area contributed by atoms with E-state index in [0.29, 0.717) is 5.69 Å². The van der Waals surface area contributed by atoms with Crippen LogP contribution in [0.4, 0.5) is 10.5 Å². The molecule has 0 aliphatic carbocycles. The first-order valence-electron chi connectivity index (χ1n) is 8.21. The van der Waals surface area contributed by atoms with Crippen LogP contribution in [0.15, 0.2) is 48.9 Å². The third-order valence-corrected chi connectivity index (χ3v) is 3.86. The van der Waals surface area contributed by atoms with Crippen LogP contribution in [0.3, 0.4) is 0 Å². The molecule has 130 valence electrons. The second-order valence-corrected chi connectivity index (χ2v) is 6.99. The molecule has 1 N–H and O–H groups in total. The smallest absolute Gasteiger partial charge is 0.412 e. The van der Waals surface area contributed by atoms with Crippen LogP contribution in [0.25, 0.3) is 5.65 Å². The average molecular weight is 338 g/mol. The van der Waals surface area contributed by atoms with E-state index in [1.54, 1.807) is 10.8 Å². The van der Waals surface area contributed by atoms with Gasteiger partial charge in [-0.05, 0) is 56.2 Å². The minimum atomic E-state index is -0.515. The molecule has 1 amide bonds. The van der Waals surface area contributed by atoms with E-state index in [9.17, 15) is 4.79 Å². The highest BCUT2D eigenvalue weighted by molar-refractivity contribution is 5.84. The SMILES string of the molecule is CC(c1ccc(NC(=O)OC(C)(C)C)cc1)c1ccn2ncnc2c1. The standard InChI is InChI=1S/C19H22N4O2/c1-13(15-9-10-23-17(11-15)20-12-21-23)14-5-7-16(8-6-14)22-18(24)25-19(2,3)4/h5-13H,1-4H3,(H,22,24). The van der Waals surface area contributed by atoms with E-state index in [4.69, 9.17) is 4.74 Å². The summed E-state index contributed by atoms with van der Waals surface area (Å²) in [6, 6.07) is 11.8. The Morgan fingerprint density at radius 3 is 2.56 bits per heavy atom. The number of carbonyl (C=O) groups is 1. The molecule has 6 nitrogen and oxygen atoms in total. The van der Waals surface area contributed by atoms with E-state index in [1.165, 1.54) is 0 Å². The molecular formula is C19H22N4O2. The number of aromatic nitrogens is 3. The molecule has 2 aromatic heterocycles. The molecule has 0 saturated carbocycles. The predicted octanol–water partition coefficient (Wildman–Crippen LogP) is 4.23. The third kappa shape index (κ3) is 4.15. The van der Waals surface area contributed by atoms with Crippen LogP contribution in [0, 0.1) is 0 Å². The van der Waals surface area contributed by atoms with Gasteiger partial charge >= 0.3 is 6.09 Å². The number of hydrogen-bond donors (Lipinski definition) is 1. The number of amides is 1. The molecule has 6 heteroatoms. The van der Waals surface area contributed by atoms with Crippen molar-refractivity contribution in [2.75, 3.05) is 5.32 Å². The fourth-order valence-corrected chi connectivity index (χ4v) is 2.57. The van der Waals surface area contributed by atoms with Gasteiger partial charge in [0.25, 0.3) is 0 Å². The van der Waals surface area contributed by atoms with E-state index >= 15 is 0 Å². The molecule has 0 saturated heterocycles. The highest BCUT2D eigenvalue weighted by Gasteiger charge is 2.16. The summed E-state index contributed by atoms with van der Waals surface area (Å²) in [5, 5.41) is 6.85. The minimum Gasteiger partial charge on any atom is -0.444 e. The Morgan fingerprint density at radius 1 is 1.16 bits per heavy atom. The van der Waals surface area contributed by atoms with Gasteiger partial charge in [-0.2, -0.15) is 5.10 Å². The van der Waals surface area contributed by atoms with Crippen LogP contribution >= 0.6 is 0 Å².